The van der Waals surface area contributed by atoms with Crippen LogP contribution in [0.2, 0.25) is 0 Å². The third-order valence-corrected chi connectivity index (χ3v) is 5.81. The zero-order valence-corrected chi connectivity index (χ0v) is 18.1. The van der Waals surface area contributed by atoms with E-state index < -0.39 is 0 Å². The van der Waals surface area contributed by atoms with Gasteiger partial charge in [0.15, 0.2) is 0 Å². The van der Waals surface area contributed by atoms with Gasteiger partial charge in [-0.15, -0.1) is 23.7 Å². The van der Waals surface area contributed by atoms with Gasteiger partial charge in [0, 0.05) is 31.9 Å². The minimum Gasteiger partial charge on any atom is -0.375 e. The first-order valence-electron chi connectivity index (χ1n) is 9.41. The lowest BCUT2D eigenvalue weighted by atomic mass is 10.1. The molecule has 4 rings (SSSR count). The highest BCUT2D eigenvalue weighted by Crippen LogP contribution is 2.28. The highest BCUT2D eigenvalue weighted by Gasteiger charge is 2.31. The second-order valence-corrected chi connectivity index (χ2v) is 7.91. The Labute approximate surface area is 180 Å². The van der Waals surface area contributed by atoms with Crippen LogP contribution in [0.25, 0.3) is 16.3 Å². The van der Waals surface area contributed by atoms with Crippen LogP contribution in [-0.4, -0.2) is 52.9 Å². The Kier molecular flexibility index (Phi) is 7.08. The molecule has 0 saturated carbocycles. The first kappa shape index (κ1) is 21.5. The number of hydrogen-bond acceptors (Lipinski definition) is 5. The van der Waals surface area contributed by atoms with E-state index in [1.165, 1.54) is 0 Å². The van der Waals surface area contributed by atoms with Crippen LogP contribution in [0.1, 0.15) is 12.5 Å². The molecule has 0 bridgehead atoms. The second kappa shape index (κ2) is 9.54. The van der Waals surface area contributed by atoms with Crippen LogP contribution in [0.15, 0.2) is 54.0 Å². The molecule has 0 unspecified atom stereocenters. The molecule has 1 fully saturated rings. The Bertz CT molecular complexity index is 930. The number of benzene rings is 1. The van der Waals surface area contributed by atoms with Gasteiger partial charge >= 0.3 is 0 Å². The highest BCUT2D eigenvalue weighted by atomic mass is 35.5. The van der Waals surface area contributed by atoms with Gasteiger partial charge in [0.1, 0.15) is 11.7 Å². The molecule has 1 amide bonds. The molecule has 2 aromatic heterocycles. The summed E-state index contributed by atoms with van der Waals surface area (Å²) in [7, 11) is 1.84. The average Bonchev–Trinajstić information content (AvgIpc) is 3.38. The van der Waals surface area contributed by atoms with E-state index in [-0.39, 0.29) is 30.5 Å². The fraction of sp³-hybridized carbons (Fsp3) is 0.333. The minimum absolute atomic E-state index is 0. The summed E-state index contributed by atoms with van der Waals surface area (Å²) in [6.45, 7) is 3.76. The van der Waals surface area contributed by atoms with Gasteiger partial charge < -0.3 is 15.0 Å². The second-order valence-electron chi connectivity index (χ2n) is 6.96. The predicted octanol–water partition coefficient (Wildman–Crippen LogP) is 3.36. The van der Waals surface area contributed by atoms with E-state index in [2.05, 4.69) is 11.4 Å². The maximum absolute atomic E-state index is 12.9. The number of rotatable bonds is 5. The summed E-state index contributed by atoms with van der Waals surface area (Å²) in [5, 5.41) is 10.1. The molecule has 0 aliphatic carbocycles. The Hall–Kier alpha value is -2.19. The molecule has 6 nitrogen and oxygen atoms in total. The maximum atomic E-state index is 12.9. The quantitative estimate of drug-likeness (QED) is 0.671. The van der Waals surface area contributed by atoms with Gasteiger partial charge in [-0.2, -0.15) is 5.10 Å². The normalized spacial score (nSPS) is 18.8. The zero-order chi connectivity index (χ0) is 19.5. The molecule has 1 aliphatic rings. The van der Waals surface area contributed by atoms with Crippen molar-refractivity contribution in [1.82, 2.24) is 20.0 Å². The van der Waals surface area contributed by atoms with Crippen molar-refractivity contribution in [2.24, 2.45) is 0 Å². The highest BCUT2D eigenvalue weighted by molar-refractivity contribution is 7.13. The third kappa shape index (κ3) is 4.70. The Balaban J connectivity index is 0.00000240. The minimum atomic E-state index is -0.312. The number of aromatic nitrogens is 2. The van der Waals surface area contributed by atoms with E-state index in [0.717, 1.165) is 21.8 Å². The molecule has 1 N–H and O–H groups in total. The summed E-state index contributed by atoms with van der Waals surface area (Å²) in [4.78, 5) is 15.8. The van der Waals surface area contributed by atoms with Crippen LogP contribution in [0.4, 0.5) is 0 Å². The number of carbonyl (C=O) groups is 1. The van der Waals surface area contributed by atoms with Crippen LogP contribution in [0, 0.1) is 0 Å². The monoisotopic (exact) mass is 432 g/mol. The van der Waals surface area contributed by atoms with E-state index >= 15 is 0 Å². The lowest BCUT2D eigenvalue weighted by molar-refractivity contribution is -0.138. The number of likely N-dealkylation sites (N-methyl/N-ethyl adjacent to an activating group) is 1. The van der Waals surface area contributed by atoms with E-state index in [9.17, 15) is 4.79 Å². The molecular formula is C21H25ClN4O2S. The first-order chi connectivity index (χ1) is 13.6. The molecule has 1 aliphatic heterocycles. The Morgan fingerprint density at radius 3 is 2.79 bits per heavy atom. The molecule has 3 aromatic rings. The summed E-state index contributed by atoms with van der Waals surface area (Å²) in [5.74, 6) is 0.0387. The van der Waals surface area contributed by atoms with Crippen molar-refractivity contribution in [3.63, 3.8) is 0 Å². The van der Waals surface area contributed by atoms with Crippen molar-refractivity contribution in [3.05, 3.63) is 59.6 Å². The lowest BCUT2D eigenvalue weighted by Gasteiger charge is -2.32. The van der Waals surface area contributed by atoms with Crippen LogP contribution in [0.3, 0.4) is 0 Å². The number of nitrogens with one attached hydrogen (secondary N) is 1. The summed E-state index contributed by atoms with van der Waals surface area (Å²) in [6.07, 6.45) is 1.88. The maximum Gasteiger partial charge on any atom is 0.242 e. The van der Waals surface area contributed by atoms with Gasteiger partial charge in [0.2, 0.25) is 5.91 Å². The molecule has 2 atom stereocenters. The number of nitrogens with zero attached hydrogens (tertiary/aromatic N) is 3. The van der Waals surface area contributed by atoms with E-state index in [4.69, 9.17) is 9.84 Å². The van der Waals surface area contributed by atoms with Gasteiger partial charge in [-0.05, 0) is 30.5 Å². The molecule has 0 spiro atoms. The molecule has 1 aromatic carbocycles. The molecule has 154 valence electrons. The number of morpholine rings is 1. The standard InChI is InChI=1S/C21H24N4O2S.ClH/c1-15-19(22-10-11-27-15)21(26)24(2)13-16-14-25(17-7-4-3-5-8-17)23-20(16)18-9-6-12-28-18;/h3-9,12,14-15,19,22H,10-11,13H2,1-2H3;1H/t15-,19+;/m1./s1. The fourth-order valence-corrected chi connectivity index (χ4v) is 4.18. The van der Waals surface area contributed by atoms with Crippen LogP contribution in [0.5, 0.6) is 0 Å². The van der Waals surface area contributed by atoms with Gasteiger partial charge in [-0.25, -0.2) is 4.68 Å². The smallest absolute Gasteiger partial charge is 0.242 e. The van der Waals surface area contributed by atoms with Crippen molar-refractivity contribution >= 4 is 29.7 Å². The first-order valence-corrected chi connectivity index (χ1v) is 10.3. The topological polar surface area (TPSA) is 59.4 Å². The van der Waals surface area contributed by atoms with E-state index in [0.29, 0.717) is 19.7 Å². The number of ether oxygens (including phenoxy) is 1. The van der Waals surface area contributed by atoms with Crippen molar-refractivity contribution in [2.75, 3.05) is 20.2 Å². The number of thiophene rings is 1. The van der Waals surface area contributed by atoms with Gasteiger partial charge in [0.25, 0.3) is 0 Å². The van der Waals surface area contributed by atoms with Crippen molar-refractivity contribution < 1.29 is 9.53 Å². The Morgan fingerprint density at radius 2 is 2.10 bits per heavy atom. The van der Waals surface area contributed by atoms with Crippen LogP contribution in [-0.2, 0) is 16.1 Å². The molecule has 8 heteroatoms. The van der Waals surface area contributed by atoms with Crippen molar-refractivity contribution in [2.45, 2.75) is 25.6 Å². The zero-order valence-electron chi connectivity index (χ0n) is 16.4. The van der Waals surface area contributed by atoms with Gasteiger partial charge in [-0.1, -0.05) is 24.3 Å². The molecular weight excluding hydrogens is 408 g/mol. The van der Waals surface area contributed by atoms with Crippen molar-refractivity contribution in [1.29, 1.82) is 0 Å². The predicted molar refractivity (Wildman–Crippen MR) is 118 cm³/mol. The SMILES string of the molecule is C[C@H]1OCCN[C@@H]1C(=O)N(C)Cc1cn(-c2ccccc2)nc1-c1cccs1.Cl. The molecule has 3 heterocycles. The number of hydrogen-bond donors (Lipinski definition) is 1. The summed E-state index contributed by atoms with van der Waals surface area (Å²) in [5.41, 5.74) is 2.93. The number of carbonyl (C=O) groups excluding carboxylic acids is 1. The number of halogens is 1. The molecule has 1 saturated heterocycles. The lowest BCUT2D eigenvalue weighted by Crippen LogP contribution is -2.55. The molecule has 29 heavy (non-hydrogen) atoms. The van der Waals surface area contributed by atoms with E-state index in [1.807, 2.05) is 66.6 Å². The fourth-order valence-electron chi connectivity index (χ4n) is 3.44. The largest absolute Gasteiger partial charge is 0.375 e. The van der Waals surface area contributed by atoms with Gasteiger partial charge in [0.05, 0.1) is 23.3 Å². The van der Waals surface area contributed by atoms with Crippen LogP contribution < -0.4 is 5.32 Å². The summed E-state index contributed by atoms with van der Waals surface area (Å²) >= 11 is 1.65. The average molecular weight is 433 g/mol. The van der Waals surface area contributed by atoms with Gasteiger partial charge in [-0.3, -0.25) is 4.79 Å². The number of para-hydroxylation sites is 1. The summed E-state index contributed by atoms with van der Waals surface area (Å²) < 4.78 is 7.51. The third-order valence-electron chi connectivity index (χ3n) is 4.93. The van der Waals surface area contributed by atoms with Crippen molar-refractivity contribution in [3.8, 4) is 16.3 Å². The molecule has 0 radical (unpaired) electrons. The Morgan fingerprint density at radius 1 is 1.31 bits per heavy atom. The number of amides is 1. The van der Waals surface area contributed by atoms with E-state index in [1.54, 1.807) is 16.2 Å². The van der Waals surface area contributed by atoms with Crippen LogP contribution >= 0.6 is 23.7 Å². The summed E-state index contributed by atoms with van der Waals surface area (Å²) in [6, 6.07) is 13.8.